The third kappa shape index (κ3) is 2.96. The lowest BCUT2D eigenvalue weighted by molar-refractivity contribution is 1.43. The van der Waals surface area contributed by atoms with Crippen LogP contribution in [0.5, 0.6) is 0 Å². The largest absolute Gasteiger partial charge is 0.289 e. The van der Waals surface area contributed by atoms with Crippen LogP contribution in [0.2, 0.25) is 0 Å². The summed E-state index contributed by atoms with van der Waals surface area (Å²) in [5.41, 5.74) is 6.09. The van der Waals surface area contributed by atoms with Gasteiger partial charge in [-0.25, -0.2) is 0 Å². The van der Waals surface area contributed by atoms with E-state index >= 15 is 0 Å². The van der Waals surface area contributed by atoms with Gasteiger partial charge in [0.05, 0.1) is 0 Å². The lowest BCUT2D eigenvalue weighted by Crippen LogP contribution is -1.62. The van der Waals surface area contributed by atoms with Crippen LogP contribution in [-0.2, 0) is 0 Å². The van der Waals surface area contributed by atoms with Gasteiger partial charge in [-0.05, 0) is 0 Å². The highest BCUT2D eigenvalue weighted by Crippen LogP contribution is 1.44. The molecule has 0 rings (SSSR count). The first-order chi connectivity index (χ1) is 2.41. The van der Waals surface area contributed by atoms with Crippen LogP contribution in [0.3, 0.4) is 0 Å². The summed E-state index contributed by atoms with van der Waals surface area (Å²) < 4.78 is 0. The molecule has 1 N–H and O–H groups in total. The van der Waals surface area contributed by atoms with Crippen molar-refractivity contribution in [2.75, 3.05) is 0 Å². The molecule has 0 unspecified atom stereocenters. The zero-order valence-electron chi connectivity index (χ0n) is 2.47. The summed E-state index contributed by atoms with van der Waals surface area (Å²) in [7, 11) is 0. The minimum absolute atomic E-state index is 0.694. The quantitative estimate of drug-likeness (QED) is 0.220. The van der Waals surface area contributed by atoms with E-state index in [0.29, 0.717) is 6.34 Å². The van der Waals surface area contributed by atoms with E-state index in [-0.39, 0.29) is 0 Å². The summed E-state index contributed by atoms with van der Waals surface area (Å²) in [6.45, 7) is 0. The van der Waals surface area contributed by atoms with Crippen molar-refractivity contribution in [1.29, 1.82) is 5.26 Å². The molecule has 0 amide bonds. The number of hydrogen-bond donors (Lipinski definition) is 0. The average Bonchev–Trinajstić information content (AvgIpc) is 1.41. The molecular weight excluding hydrogens is 66.0 g/mol. The van der Waals surface area contributed by atoms with Gasteiger partial charge >= 0.3 is 0 Å². The summed E-state index contributed by atoms with van der Waals surface area (Å²) in [4.78, 5) is 2.82. The van der Waals surface area contributed by atoms with Crippen LogP contribution < -0.4 is 5.73 Å². The highest BCUT2D eigenvalue weighted by Gasteiger charge is 1.46. The van der Waals surface area contributed by atoms with Crippen LogP contribution in [0.25, 0.3) is 0 Å². The summed E-state index contributed by atoms with van der Waals surface area (Å²) >= 11 is 0. The maximum Gasteiger partial charge on any atom is 0.207 e. The lowest BCUT2D eigenvalue weighted by atomic mass is 11.2. The van der Waals surface area contributed by atoms with Crippen molar-refractivity contribution in [2.45, 2.75) is 0 Å². The predicted molar refractivity (Wildman–Crippen MR) is 17.2 cm³/mol. The molecule has 0 fully saturated rings. The molecule has 0 saturated heterocycles. The molecule has 0 spiro atoms. The Morgan fingerprint density at radius 3 is 2.60 bits per heavy atom. The molecule has 0 aliphatic heterocycles. The second-order valence-corrected chi connectivity index (χ2v) is 0.358. The third-order valence-corrected chi connectivity index (χ3v) is 0.122. The maximum absolute atomic E-state index is 7.50. The van der Waals surface area contributed by atoms with E-state index < -0.39 is 0 Å². The smallest absolute Gasteiger partial charge is 0.207 e. The SMILES string of the molecule is N#C/N=C/[NH]. The summed E-state index contributed by atoms with van der Waals surface area (Å²) in [5.74, 6) is 0. The van der Waals surface area contributed by atoms with Crippen molar-refractivity contribution >= 4 is 6.34 Å². The molecule has 5 heavy (non-hydrogen) atoms. The molecule has 3 nitrogen and oxygen atoms in total. The number of hydrogen-bond acceptors (Lipinski definition) is 2. The van der Waals surface area contributed by atoms with Crippen molar-refractivity contribution < 1.29 is 0 Å². The molecule has 1 radical (unpaired) electrons. The second kappa shape index (κ2) is 2.96. The van der Waals surface area contributed by atoms with Crippen LogP contribution in [0.15, 0.2) is 4.99 Å². The maximum atomic E-state index is 7.50. The molecule has 0 aliphatic carbocycles. The Labute approximate surface area is 29.7 Å². The topological polar surface area (TPSA) is 60.0 Å². The van der Waals surface area contributed by atoms with Gasteiger partial charge in [-0.3, -0.25) is 5.73 Å². The molecule has 0 heterocycles. The Bertz CT molecular complexity index is 67.5. The van der Waals surface area contributed by atoms with Crippen molar-refractivity contribution in [2.24, 2.45) is 4.99 Å². The second-order valence-electron chi connectivity index (χ2n) is 0.358. The lowest BCUT2D eigenvalue weighted by Gasteiger charge is -1.49. The molecule has 3 heteroatoms. The van der Waals surface area contributed by atoms with E-state index in [9.17, 15) is 0 Å². The fraction of sp³-hybridized carbons (Fsp3) is 0. The van der Waals surface area contributed by atoms with Gasteiger partial charge in [0, 0.05) is 0 Å². The van der Waals surface area contributed by atoms with Gasteiger partial charge in [-0.2, -0.15) is 10.3 Å². The van der Waals surface area contributed by atoms with E-state index in [1.807, 2.05) is 0 Å². The van der Waals surface area contributed by atoms with E-state index in [4.69, 9.17) is 11.0 Å². The van der Waals surface area contributed by atoms with Gasteiger partial charge in [-0.1, -0.05) is 0 Å². The molecule has 25 valence electrons. The van der Waals surface area contributed by atoms with Gasteiger partial charge in [0.2, 0.25) is 6.19 Å². The predicted octanol–water partition coefficient (Wildman–Crippen LogP) is -0.221. The number of nitrogens with zero attached hydrogens (tertiary/aromatic N) is 2. The van der Waals surface area contributed by atoms with Crippen LogP contribution in [-0.4, -0.2) is 6.34 Å². The van der Waals surface area contributed by atoms with Crippen molar-refractivity contribution in [1.82, 2.24) is 5.73 Å². The monoisotopic (exact) mass is 68.0 g/mol. The first kappa shape index (κ1) is 3.96. The zero-order valence-corrected chi connectivity index (χ0v) is 2.47. The van der Waals surface area contributed by atoms with Crippen LogP contribution in [0, 0.1) is 11.5 Å². The zero-order chi connectivity index (χ0) is 4.12. The molecule has 0 saturated carbocycles. The Balaban J connectivity index is 3.04. The molecule has 0 aromatic carbocycles. The van der Waals surface area contributed by atoms with Gasteiger partial charge in [-0.15, -0.1) is 0 Å². The number of nitriles is 1. The Hall–Kier alpha value is -1.04. The molecule has 0 atom stereocenters. The van der Waals surface area contributed by atoms with Gasteiger partial charge < -0.3 is 0 Å². The fourth-order valence-corrected chi connectivity index (χ4v) is 0.0289. The molecule has 0 aliphatic rings. The normalized spacial score (nSPS) is 7.80. The Kier molecular flexibility index (Phi) is 2.34. The van der Waals surface area contributed by atoms with Crippen LogP contribution >= 0.6 is 0 Å². The fourth-order valence-electron chi connectivity index (χ4n) is 0.0289. The highest BCUT2D eigenvalue weighted by molar-refractivity contribution is 5.51. The van der Waals surface area contributed by atoms with Crippen LogP contribution in [0.4, 0.5) is 0 Å². The van der Waals surface area contributed by atoms with Gasteiger partial charge in [0.15, 0.2) is 0 Å². The average molecular weight is 68.1 g/mol. The molecule has 0 aromatic heterocycles. The first-order valence-corrected chi connectivity index (χ1v) is 0.994. The third-order valence-electron chi connectivity index (χ3n) is 0.122. The Morgan fingerprint density at radius 1 is 2.00 bits per heavy atom. The summed E-state index contributed by atoms with van der Waals surface area (Å²) in [6.07, 6.45) is 2.09. The molecule has 0 aromatic rings. The van der Waals surface area contributed by atoms with E-state index in [2.05, 4.69) is 4.99 Å². The van der Waals surface area contributed by atoms with Gasteiger partial charge in [0.1, 0.15) is 6.34 Å². The van der Waals surface area contributed by atoms with Crippen LogP contribution in [0.1, 0.15) is 0 Å². The first-order valence-electron chi connectivity index (χ1n) is 0.994. The van der Waals surface area contributed by atoms with E-state index in [1.54, 1.807) is 0 Å². The Morgan fingerprint density at radius 2 is 2.60 bits per heavy atom. The number of aliphatic imine (C=N–C) groups is 1. The standard InChI is InChI=1S/C2H2N3/c3-1-5-2-4/h1,3H/b5-1+. The number of nitrogens with one attached hydrogen (secondary N) is 1. The summed E-state index contributed by atoms with van der Waals surface area (Å²) in [5, 5.41) is 7.50. The van der Waals surface area contributed by atoms with E-state index in [1.165, 1.54) is 6.19 Å². The summed E-state index contributed by atoms with van der Waals surface area (Å²) in [6, 6.07) is 0. The van der Waals surface area contributed by atoms with Gasteiger partial charge in [0.25, 0.3) is 0 Å². The molecule has 0 bridgehead atoms. The minimum atomic E-state index is 0.694. The van der Waals surface area contributed by atoms with Crippen molar-refractivity contribution in [3.63, 3.8) is 0 Å². The highest BCUT2D eigenvalue weighted by atomic mass is 14.8. The minimum Gasteiger partial charge on any atom is -0.289 e. The van der Waals surface area contributed by atoms with Crippen molar-refractivity contribution in [3.8, 4) is 6.19 Å². The van der Waals surface area contributed by atoms with E-state index in [0.717, 1.165) is 0 Å². The number of rotatable bonds is 0. The van der Waals surface area contributed by atoms with Crippen molar-refractivity contribution in [3.05, 3.63) is 0 Å². The molecular formula is C2H2N3.